The molecule has 0 unspecified atom stereocenters. The normalized spacial score (nSPS) is 10.7. The van der Waals surface area contributed by atoms with Gasteiger partial charge in [0.25, 0.3) is 0 Å². The van der Waals surface area contributed by atoms with E-state index in [1.807, 2.05) is 13.8 Å². The smallest absolute Gasteiger partial charge is 0.184 e. The maximum Gasteiger partial charge on any atom is 0.184 e. The fraction of sp³-hybridized carbons (Fsp3) is 0.636. The zero-order valence-corrected chi connectivity index (χ0v) is 11.3. The van der Waals surface area contributed by atoms with Crippen LogP contribution in [0.15, 0.2) is 10.7 Å². The van der Waals surface area contributed by atoms with E-state index in [2.05, 4.69) is 21.0 Å². The summed E-state index contributed by atoms with van der Waals surface area (Å²) in [6.45, 7) is 5.90. The number of ketones is 1. The maximum absolute atomic E-state index is 11.9. The van der Waals surface area contributed by atoms with Gasteiger partial charge in [-0.1, -0.05) is 6.92 Å². The Hall–Kier alpha value is -0.680. The summed E-state index contributed by atoms with van der Waals surface area (Å²) in [5.74, 6) is 0.0716. The number of carbonyl (C=O) groups is 1. The molecule has 5 heteroatoms. The molecule has 0 bridgehead atoms. The van der Waals surface area contributed by atoms with Gasteiger partial charge in [-0.3, -0.25) is 9.48 Å². The molecular weight excluding hydrogens is 272 g/mol. The average Bonchev–Trinajstić information content (AvgIpc) is 2.65. The van der Waals surface area contributed by atoms with Crippen molar-refractivity contribution in [2.45, 2.75) is 33.2 Å². The fourth-order valence-corrected chi connectivity index (χ4v) is 1.93. The van der Waals surface area contributed by atoms with E-state index in [0.717, 1.165) is 10.9 Å². The van der Waals surface area contributed by atoms with Crippen LogP contribution >= 0.6 is 15.9 Å². The van der Waals surface area contributed by atoms with Crippen molar-refractivity contribution < 1.29 is 9.53 Å². The van der Waals surface area contributed by atoms with E-state index < -0.39 is 0 Å². The molecule has 0 aromatic carbocycles. The van der Waals surface area contributed by atoms with Crippen LogP contribution in [0.3, 0.4) is 0 Å². The number of nitrogens with zero attached hydrogens (tertiary/aromatic N) is 2. The van der Waals surface area contributed by atoms with Crippen molar-refractivity contribution in [2.24, 2.45) is 0 Å². The molecule has 0 fully saturated rings. The van der Waals surface area contributed by atoms with Gasteiger partial charge in [-0.25, -0.2) is 0 Å². The number of rotatable bonds is 7. The minimum absolute atomic E-state index is 0.0716. The molecule has 0 aliphatic heterocycles. The molecule has 90 valence electrons. The zero-order chi connectivity index (χ0) is 12.0. The summed E-state index contributed by atoms with van der Waals surface area (Å²) in [5.41, 5.74) is 0.641. The van der Waals surface area contributed by atoms with Gasteiger partial charge in [0.1, 0.15) is 5.69 Å². The summed E-state index contributed by atoms with van der Waals surface area (Å²) in [5, 5.41) is 4.11. The molecule has 4 nitrogen and oxygen atoms in total. The molecule has 1 aromatic heterocycles. The van der Waals surface area contributed by atoms with Crippen molar-refractivity contribution in [3.8, 4) is 0 Å². The highest BCUT2D eigenvalue weighted by molar-refractivity contribution is 9.10. The average molecular weight is 289 g/mol. The van der Waals surface area contributed by atoms with E-state index in [9.17, 15) is 4.79 Å². The number of hydrogen-bond acceptors (Lipinski definition) is 3. The van der Waals surface area contributed by atoms with Crippen LogP contribution in [0.4, 0.5) is 0 Å². The maximum atomic E-state index is 11.9. The molecule has 0 radical (unpaired) electrons. The highest BCUT2D eigenvalue weighted by Gasteiger charge is 2.15. The Labute approximate surface area is 104 Å². The summed E-state index contributed by atoms with van der Waals surface area (Å²) in [4.78, 5) is 11.9. The van der Waals surface area contributed by atoms with E-state index in [1.54, 1.807) is 10.9 Å². The lowest BCUT2D eigenvalue weighted by Crippen LogP contribution is -2.12. The van der Waals surface area contributed by atoms with E-state index in [4.69, 9.17) is 4.74 Å². The number of hydrogen-bond donors (Lipinski definition) is 0. The van der Waals surface area contributed by atoms with Gasteiger partial charge in [0.15, 0.2) is 5.78 Å². The van der Waals surface area contributed by atoms with Crippen molar-refractivity contribution in [3.05, 3.63) is 16.4 Å². The van der Waals surface area contributed by atoms with Gasteiger partial charge >= 0.3 is 0 Å². The first kappa shape index (κ1) is 13.4. The molecule has 0 aliphatic rings. The van der Waals surface area contributed by atoms with E-state index in [0.29, 0.717) is 31.9 Å². The third-order valence-corrected chi connectivity index (χ3v) is 2.76. The Morgan fingerprint density at radius 2 is 2.25 bits per heavy atom. The molecule has 1 rings (SSSR count). The second-order valence-corrected chi connectivity index (χ2v) is 4.30. The zero-order valence-electron chi connectivity index (χ0n) is 9.70. The molecule has 0 spiro atoms. The first-order chi connectivity index (χ1) is 7.70. The molecule has 0 N–H and O–H groups in total. The summed E-state index contributed by atoms with van der Waals surface area (Å²) in [7, 11) is 0. The number of halogens is 1. The third-order valence-electron chi connectivity index (χ3n) is 2.18. The minimum Gasteiger partial charge on any atom is -0.381 e. The summed E-state index contributed by atoms with van der Waals surface area (Å²) in [6.07, 6.45) is 3.04. The highest BCUT2D eigenvalue weighted by atomic mass is 79.9. The highest BCUT2D eigenvalue weighted by Crippen LogP contribution is 2.17. The van der Waals surface area contributed by atoms with Crippen molar-refractivity contribution in [1.82, 2.24) is 9.78 Å². The standard InChI is InChI=1S/C11H17BrN2O2/c1-3-6-16-7-5-10(15)11-9(12)8-13-14(11)4-2/h8H,3-7H2,1-2H3. The summed E-state index contributed by atoms with van der Waals surface area (Å²) < 4.78 is 7.76. The van der Waals surface area contributed by atoms with E-state index >= 15 is 0 Å². The Balaban J connectivity index is 2.55. The number of aryl methyl sites for hydroxylation is 1. The van der Waals surface area contributed by atoms with Crippen molar-refractivity contribution in [1.29, 1.82) is 0 Å². The number of Topliss-reactive ketones (excluding diaryl/α,β-unsaturated/α-hetero) is 1. The van der Waals surface area contributed by atoms with Gasteiger partial charge in [-0.15, -0.1) is 0 Å². The van der Waals surface area contributed by atoms with E-state index in [1.165, 1.54) is 0 Å². The summed E-state index contributed by atoms with van der Waals surface area (Å²) >= 11 is 3.34. The monoisotopic (exact) mass is 288 g/mol. The van der Waals surface area contributed by atoms with Crippen LogP contribution in [0.25, 0.3) is 0 Å². The Morgan fingerprint density at radius 1 is 1.50 bits per heavy atom. The van der Waals surface area contributed by atoms with Crippen LogP contribution in [-0.4, -0.2) is 28.8 Å². The molecule has 0 aliphatic carbocycles. The van der Waals surface area contributed by atoms with Crippen LogP contribution in [-0.2, 0) is 11.3 Å². The van der Waals surface area contributed by atoms with Gasteiger partial charge in [0, 0.05) is 19.6 Å². The van der Waals surface area contributed by atoms with Crippen LogP contribution in [0.2, 0.25) is 0 Å². The molecule has 0 saturated heterocycles. The lowest BCUT2D eigenvalue weighted by Gasteiger charge is -2.05. The van der Waals surface area contributed by atoms with Crippen molar-refractivity contribution in [3.63, 3.8) is 0 Å². The molecular formula is C11H17BrN2O2. The van der Waals surface area contributed by atoms with Gasteiger partial charge in [0.05, 0.1) is 17.3 Å². The molecule has 0 amide bonds. The number of aromatic nitrogens is 2. The molecule has 1 aromatic rings. The first-order valence-corrected chi connectivity index (χ1v) is 6.32. The molecule has 0 saturated carbocycles. The SMILES string of the molecule is CCCOCCC(=O)c1c(Br)cnn1CC. The summed E-state index contributed by atoms with van der Waals surface area (Å²) in [6, 6.07) is 0. The Morgan fingerprint density at radius 3 is 2.88 bits per heavy atom. The minimum atomic E-state index is 0.0716. The van der Waals surface area contributed by atoms with Crippen molar-refractivity contribution in [2.75, 3.05) is 13.2 Å². The molecule has 16 heavy (non-hydrogen) atoms. The van der Waals surface area contributed by atoms with Crippen molar-refractivity contribution >= 4 is 21.7 Å². The Bertz CT molecular complexity index is 350. The molecule has 1 heterocycles. The second-order valence-electron chi connectivity index (χ2n) is 3.44. The van der Waals surface area contributed by atoms with Gasteiger partial charge < -0.3 is 4.74 Å². The van der Waals surface area contributed by atoms with Crippen LogP contribution in [0, 0.1) is 0 Å². The van der Waals surface area contributed by atoms with E-state index in [-0.39, 0.29) is 5.78 Å². The fourth-order valence-electron chi connectivity index (χ4n) is 1.41. The molecule has 0 atom stereocenters. The second kappa shape index (κ2) is 6.81. The Kier molecular flexibility index (Phi) is 5.69. The van der Waals surface area contributed by atoms with Gasteiger partial charge in [-0.2, -0.15) is 5.10 Å². The quantitative estimate of drug-likeness (QED) is 0.572. The number of ether oxygens (including phenoxy) is 1. The van der Waals surface area contributed by atoms with Gasteiger partial charge in [0.2, 0.25) is 0 Å². The van der Waals surface area contributed by atoms with Crippen LogP contribution < -0.4 is 0 Å². The lowest BCUT2D eigenvalue weighted by atomic mass is 10.2. The largest absolute Gasteiger partial charge is 0.381 e. The predicted molar refractivity (Wildman–Crippen MR) is 65.7 cm³/mol. The van der Waals surface area contributed by atoms with Crippen LogP contribution in [0.1, 0.15) is 37.2 Å². The van der Waals surface area contributed by atoms with Crippen LogP contribution in [0.5, 0.6) is 0 Å². The first-order valence-electron chi connectivity index (χ1n) is 5.52. The predicted octanol–water partition coefficient (Wildman–Crippen LogP) is 2.66. The lowest BCUT2D eigenvalue weighted by molar-refractivity contribution is 0.0868. The third kappa shape index (κ3) is 3.42. The van der Waals surface area contributed by atoms with Gasteiger partial charge in [-0.05, 0) is 29.3 Å². The number of carbonyl (C=O) groups excluding carboxylic acids is 1. The topological polar surface area (TPSA) is 44.1 Å².